The average Bonchev–Trinajstić information content (AvgIpc) is 2.83. The monoisotopic (exact) mass is 254 g/mol. The van der Waals surface area contributed by atoms with Crippen molar-refractivity contribution in [3.8, 4) is 16.6 Å². The molecule has 0 bridgehead atoms. The molecule has 2 heterocycles. The lowest BCUT2D eigenvalue weighted by Gasteiger charge is -1.88. The van der Waals surface area contributed by atoms with Crippen LogP contribution < -0.4 is 0 Å². The van der Waals surface area contributed by atoms with Gasteiger partial charge >= 0.3 is 0 Å². The number of rotatable bonds is 3. The van der Waals surface area contributed by atoms with Gasteiger partial charge in [-0.1, -0.05) is 11.6 Å². The van der Waals surface area contributed by atoms with E-state index in [2.05, 4.69) is 11.1 Å². The van der Waals surface area contributed by atoms with Gasteiger partial charge in [0, 0.05) is 18.2 Å². The molecular weight excluding hydrogens is 248 g/mol. The largest absolute Gasteiger partial charge is 0.240 e. The molecule has 15 heavy (non-hydrogen) atoms. The molecule has 0 unspecified atom stereocenters. The summed E-state index contributed by atoms with van der Waals surface area (Å²) in [5, 5.41) is 11.5. The van der Waals surface area contributed by atoms with E-state index in [4.69, 9.17) is 16.9 Å². The zero-order chi connectivity index (χ0) is 10.7. The molecule has 76 valence electrons. The highest BCUT2D eigenvalue weighted by Crippen LogP contribution is 2.31. The van der Waals surface area contributed by atoms with Crippen molar-refractivity contribution in [1.82, 2.24) is 4.98 Å². The van der Waals surface area contributed by atoms with Crippen molar-refractivity contribution in [2.45, 2.75) is 12.8 Å². The van der Waals surface area contributed by atoms with Crippen LogP contribution in [-0.2, 0) is 6.42 Å². The fourth-order valence-corrected chi connectivity index (χ4v) is 3.03. The summed E-state index contributed by atoms with van der Waals surface area (Å²) in [6.07, 6.45) is 1.26. The predicted molar refractivity (Wildman–Crippen MR) is 64.4 cm³/mol. The van der Waals surface area contributed by atoms with Crippen molar-refractivity contribution in [2.24, 2.45) is 0 Å². The summed E-state index contributed by atoms with van der Waals surface area (Å²) in [5.74, 6) is 0. The Morgan fingerprint density at radius 3 is 3.00 bits per heavy atom. The predicted octanol–water partition coefficient (Wildman–Crippen LogP) is 3.98. The number of aromatic nitrogens is 1. The third kappa shape index (κ3) is 2.57. The van der Waals surface area contributed by atoms with E-state index in [9.17, 15) is 0 Å². The van der Waals surface area contributed by atoms with Crippen LogP contribution in [0.15, 0.2) is 17.5 Å². The molecule has 2 nitrogen and oxygen atoms in total. The standard InChI is InChI=1S/C10H7ClN2S2/c11-9-4-3-8(15-9)7-6-14-10(13-7)2-1-5-12/h3-4,6H,1-2H2. The average molecular weight is 255 g/mol. The number of nitriles is 1. The SMILES string of the molecule is N#CCCc1nc(-c2ccc(Cl)s2)cs1. The minimum atomic E-state index is 0.526. The molecule has 0 saturated heterocycles. The molecule has 0 aliphatic carbocycles. The molecule has 2 aromatic heterocycles. The van der Waals surface area contributed by atoms with Gasteiger partial charge in [-0.05, 0) is 12.1 Å². The molecule has 0 fully saturated rings. The van der Waals surface area contributed by atoms with Gasteiger partial charge < -0.3 is 0 Å². The minimum absolute atomic E-state index is 0.526. The number of hydrogen-bond donors (Lipinski definition) is 0. The lowest BCUT2D eigenvalue weighted by molar-refractivity contribution is 0.991. The number of aryl methyl sites for hydroxylation is 1. The van der Waals surface area contributed by atoms with Gasteiger partial charge in [-0.2, -0.15) is 5.26 Å². The van der Waals surface area contributed by atoms with Gasteiger partial charge in [0.05, 0.1) is 26.0 Å². The second kappa shape index (κ2) is 4.75. The number of thiophene rings is 1. The maximum absolute atomic E-state index is 8.47. The summed E-state index contributed by atoms with van der Waals surface area (Å²) in [7, 11) is 0. The highest BCUT2D eigenvalue weighted by atomic mass is 35.5. The summed E-state index contributed by atoms with van der Waals surface area (Å²) < 4.78 is 0.775. The van der Waals surface area contributed by atoms with Crippen LogP contribution in [0.5, 0.6) is 0 Å². The Morgan fingerprint density at radius 2 is 2.33 bits per heavy atom. The highest BCUT2D eigenvalue weighted by molar-refractivity contribution is 7.19. The van der Waals surface area contributed by atoms with Gasteiger partial charge in [-0.15, -0.1) is 22.7 Å². The molecule has 0 amide bonds. The molecule has 0 aliphatic rings. The number of thiazole rings is 1. The molecule has 0 N–H and O–H groups in total. The maximum atomic E-state index is 8.47. The second-order valence-corrected chi connectivity index (χ2v) is 5.55. The van der Waals surface area contributed by atoms with Crippen LogP contribution in [0.25, 0.3) is 10.6 Å². The van der Waals surface area contributed by atoms with Crippen LogP contribution >= 0.6 is 34.3 Å². The van der Waals surface area contributed by atoms with Crippen molar-refractivity contribution in [3.05, 3.63) is 26.9 Å². The summed E-state index contributed by atoms with van der Waals surface area (Å²) >= 11 is 8.97. The first-order valence-electron chi connectivity index (χ1n) is 4.36. The second-order valence-electron chi connectivity index (χ2n) is 2.89. The zero-order valence-corrected chi connectivity index (χ0v) is 10.1. The van der Waals surface area contributed by atoms with E-state index >= 15 is 0 Å². The lowest BCUT2D eigenvalue weighted by Crippen LogP contribution is -1.81. The summed E-state index contributed by atoms with van der Waals surface area (Å²) in [4.78, 5) is 5.53. The first kappa shape index (κ1) is 10.6. The van der Waals surface area contributed by atoms with E-state index in [1.54, 1.807) is 11.3 Å². The molecular formula is C10H7ClN2S2. The minimum Gasteiger partial charge on any atom is -0.240 e. The molecule has 2 rings (SSSR count). The number of halogens is 1. The van der Waals surface area contributed by atoms with Gasteiger partial charge in [-0.25, -0.2) is 4.98 Å². The lowest BCUT2D eigenvalue weighted by atomic mass is 10.3. The van der Waals surface area contributed by atoms with Crippen molar-refractivity contribution >= 4 is 34.3 Å². The summed E-state index contributed by atoms with van der Waals surface area (Å²) in [5.41, 5.74) is 0.963. The Labute approximate surface area is 101 Å². The van der Waals surface area contributed by atoms with Crippen molar-refractivity contribution in [1.29, 1.82) is 5.26 Å². The van der Waals surface area contributed by atoms with E-state index < -0.39 is 0 Å². The Hall–Kier alpha value is -0.890. The highest BCUT2D eigenvalue weighted by Gasteiger charge is 2.06. The Kier molecular flexibility index (Phi) is 3.37. The summed E-state index contributed by atoms with van der Waals surface area (Å²) in [6.45, 7) is 0. The topological polar surface area (TPSA) is 36.7 Å². The van der Waals surface area contributed by atoms with Crippen molar-refractivity contribution < 1.29 is 0 Å². The zero-order valence-electron chi connectivity index (χ0n) is 7.74. The normalized spacial score (nSPS) is 10.1. The van der Waals surface area contributed by atoms with E-state index in [1.807, 2.05) is 17.5 Å². The van der Waals surface area contributed by atoms with Crippen LogP contribution in [0.3, 0.4) is 0 Å². The first-order valence-corrected chi connectivity index (χ1v) is 6.44. The van der Waals surface area contributed by atoms with Gasteiger partial charge in [0.15, 0.2) is 0 Å². The van der Waals surface area contributed by atoms with Gasteiger partial charge in [0.25, 0.3) is 0 Å². The smallest absolute Gasteiger partial charge is 0.0943 e. The third-order valence-electron chi connectivity index (χ3n) is 1.83. The van der Waals surface area contributed by atoms with Gasteiger partial charge in [0.1, 0.15) is 0 Å². The van der Waals surface area contributed by atoms with Crippen LogP contribution in [0.4, 0.5) is 0 Å². The Balaban J connectivity index is 2.17. The van der Waals surface area contributed by atoms with Crippen molar-refractivity contribution in [3.63, 3.8) is 0 Å². The molecule has 5 heteroatoms. The fraction of sp³-hybridized carbons (Fsp3) is 0.200. The number of nitrogens with zero attached hydrogens (tertiary/aromatic N) is 2. The molecule has 0 aromatic carbocycles. The Morgan fingerprint density at radius 1 is 1.47 bits per heavy atom. The van der Waals surface area contributed by atoms with Crippen LogP contribution in [0, 0.1) is 11.3 Å². The summed E-state index contributed by atoms with van der Waals surface area (Å²) in [6, 6.07) is 5.96. The maximum Gasteiger partial charge on any atom is 0.0943 e. The van der Waals surface area contributed by atoms with Gasteiger partial charge in [0.2, 0.25) is 0 Å². The van der Waals surface area contributed by atoms with E-state index in [0.717, 1.165) is 26.3 Å². The van der Waals surface area contributed by atoms with E-state index in [0.29, 0.717) is 6.42 Å². The van der Waals surface area contributed by atoms with Crippen LogP contribution in [-0.4, -0.2) is 4.98 Å². The van der Waals surface area contributed by atoms with Gasteiger partial charge in [-0.3, -0.25) is 0 Å². The van der Waals surface area contributed by atoms with Crippen LogP contribution in [0.1, 0.15) is 11.4 Å². The molecule has 0 saturated carbocycles. The first-order chi connectivity index (χ1) is 7.29. The fourth-order valence-electron chi connectivity index (χ4n) is 1.15. The molecule has 0 atom stereocenters. The van der Waals surface area contributed by atoms with E-state index in [-0.39, 0.29) is 0 Å². The van der Waals surface area contributed by atoms with E-state index in [1.165, 1.54) is 11.3 Å². The molecule has 2 aromatic rings. The molecule has 0 radical (unpaired) electrons. The molecule has 0 spiro atoms. The third-order valence-corrected chi connectivity index (χ3v) is 3.99. The van der Waals surface area contributed by atoms with Crippen LogP contribution in [0.2, 0.25) is 4.34 Å². The Bertz CT molecular complexity index is 495. The molecule has 0 aliphatic heterocycles. The quantitative estimate of drug-likeness (QED) is 0.831. The van der Waals surface area contributed by atoms with Crippen molar-refractivity contribution in [2.75, 3.05) is 0 Å². The number of hydrogen-bond acceptors (Lipinski definition) is 4.